The summed E-state index contributed by atoms with van der Waals surface area (Å²) in [5, 5.41) is 1.20. The van der Waals surface area contributed by atoms with E-state index in [4.69, 9.17) is 49.0 Å². The van der Waals surface area contributed by atoms with Crippen LogP contribution >= 0.6 is 50.7 Å². The Bertz CT molecular complexity index is 1390. The van der Waals surface area contributed by atoms with Gasteiger partial charge in [0.2, 0.25) is 5.90 Å². The smallest absolute Gasteiger partial charge is 0.363 e. The molecule has 3 aromatic rings. The normalized spacial score (nSPS) is 14.0. The summed E-state index contributed by atoms with van der Waals surface area (Å²) in [5.74, 6) is -0.598. The standard InChI is InChI=1S/C25H15BrCl3NO5/c1-2-33-21-11-13(9-17(26)22(21)34-24(31)14-3-6-16(27)7-4-14)10-20-25(32)35-23(30-20)15-5-8-18(28)19(29)12-15/h3-12H,2H2,1H3/b20-10-. The van der Waals surface area contributed by atoms with Crippen molar-refractivity contribution in [2.24, 2.45) is 4.99 Å². The fourth-order valence-electron chi connectivity index (χ4n) is 3.09. The van der Waals surface area contributed by atoms with Gasteiger partial charge in [-0.05, 0) is 89.1 Å². The highest BCUT2D eigenvalue weighted by Crippen LogP contribution is 2.38. The zero-order chi connectivity index (χ0) is 25.1. The molecule has 0 aliphatic carbocycles. The minimum atomic E-state index is -0.626. The molecule has 4 rings (SSSR count). The van der Waals surface area contributed by atoms with Crippen LogP contribution in [-0.4, -0.2) is 24.4 Å². The summed E-state index contributed by atoms with van der Waals surface area (Å²) in [5.41, 5.74) is 1.48. The second-order valence-corrected chi connectivity index (χ2v) is 9.23. The average molecular weight is 596 g/mol. The molecule has 0 amide bonds. The van der Waals surface area contributed by atoms with E-state index >= 15 is 0 Å². The average Bonchev–Trinajstić information content (AvgIpc) is 3.18. The van der Waals surface area contributed by atoms with Gasteiger partial charge in [0.1, 0.15) is 0 Å². The Morgan fingerprint density at radius 2 is 1.80 bits per heavy atom. The summed E-state index contributed by atoms with van der Waals surface area (Å²) in [6.07, 6.45) is 1.53. The molecular weight excluding hydrogens is 581 g/mol. The fraction of sp³-hybridized carbons (Fsp3) is 0.0800. The molecule has 0 fully saturated rings. The summed E-state index contributed by atoms with van der Waals surface area (Å²) in [4.78, 5) is 29.3. The lowest BCUT2D eigenvalue weighted by Crippen LogP contribution is -2.10. The Labute approximate surface area is 224 Å². The van der Waals surface area contributed by atoms with Crippen LogP contribution in [0.25, 0.3) is 6.08 Å². The molecule has 0 bridgehead atoms. The maximum absolute atomic E-state index is 12.6. The number of aliphatic imine (C=N–C) groups is 1. The van der Waals surface area contributed by atoms with Gasteiger partial charge in [0.15, 0.2) is 17.2 Å². The number of ether oxygens (including phenoxy) is 3. The van der Waals surface area contributed by atoms with Crippen molar-refractivity contribution >= 4 is 74.6 Å². The van der Waals surface area contributed by atoms with Crippen LogP contribution in [0.3, 0.4) is 0 Å². The van der Waals surface area contributed by atoms with Crippen LogP contribution in [0.4, 0.5) is 0 Å². The summed E-state index contributed by atoms with van der Waals surface area (Å²) in [6.45, 7) is 2.12. The molecule has 0 N–H and O–H groups in total. The third-order valence-electron chi connectivity index (χ3n) is 4.70. The predicted octanol–water partition coefficient (Wildman–Crippen LogP) is 7.37. The number of benzene rings is 3. The van der Waals surface area contributed by atoms with Crippen LogP contribution in [0.2, 0.25) is 15.1 Å². The van der Waals surface area contributed by atoms with Gasteiger partial charge in [0.05, 0.1) is 26.7 Å². The van der Waals surface area contributed by atoms with Crippen molar-refractivity contribution in [3.05, 3.63) is 96.5 Å². The lowest BCUT2D eigenvalue weighted by Gasteiger charge is -2.13. The zero-order valence-corrected chi connectivity index (χ0v) is 21.8. The number of carbonyl (C=O) groups is 2. The van der Waals surface area contributed by atoms with Crippen LogP contribution in [0.15, 0.2) is 69.8 Å². The van der Waals surface area contributed by atoms with E-state index in [1.807, 2.05) is 0 Å². The molecule has 1 aliphatic heterocycles. The van der Waals surface area contributed by atoms with Crippen LogP contribution < -0.4 is 9.47 Å². The Balaban J connectivity index is 1.64. The maximum atomic E-state index is 12.6. The Morgan fingerprint density at radius 1 is 1.06 bits per heavy atom. The minimum Gasteiger partial charge on any atom is -0.490 e. The molecule has 178 valence electrons. The van der Waals surface area contributed by atoms with Gasteiger partial charge in [0, 0.05) is 10.6 Å². The second-order valence-electron chi connectivity index (χ2n) is 7.12. The van der Waals surface area contributed by atoms with Crippen molar-refractivity contribution < 1.29 is 23.8 Å². The summed E-state index contributed by atoms with van der Waals surface area (Å²) in [7, 11) is 0. The zero-order valence-electron chi connectivity index (χ0n) is 18.0. The number of cyclic esters (lactones) is 1. The molecule has 0 aromatic heterocycles. The van der Waals surface area contributed by atoms with E-state index < -0.39 is 11.9 Å². The molecule has 1 heterocycles. The van der Waals surface area contributed by atoms with Gasteiger partial charge in [-0.2, -0.15) is 0 Å². The molecule has 35 heavy (non-hydrogen) atoms. The van der Waals surface area contributed by atoms with Crippen LogP contribution in [0, 0.1) is 0 Å². The lowest BCUT2D eigenvalue weighted by atomic mass is 10.1. The number of halogens is 4. The van der Waals surface area contributed by atoms with E-state index in [1.165, 1.54) is 6.08 Å². The predicted molar refractivity (Wildman–Crippen MR) is 139 cm³/mol. The molecule has 0 saturated heterocycles. The molecule has 10 heteroatoms. The molecule has 3 aromatic carbocycles. The van der Waals surface area contributed by atoms with Gasteiger partial charge >= 0.3 is 11.9 Å². The van der Waals surface area contributed by atoms with Gasteiger partial charge in [0.25, 0.3) is 0 Å². The quantitative estimate of drug-likeness (QED) is 0.169. The largest absolute Gasteiger partial charge is 0.490 e. The van der Waals surface area contributed by atoms with E-state index in [-0.39, 0.29) is 17.3 Å². The van der Waals surface area contributed by atoms with Crippen LogP contribution in [0.1, 0.15) is 28.4 Å². The molecule has 1 aliphatic rings. The number of nitrogens with zero attached hydrogens (tertiary/aromatic N) is 1. The van der Waals surface area contributed by atoms with Crippen molar-refractivity contribution in [1.29, 1.82) is 0 Å². The van der Waals surface area contributed by atoms with Crippen molar-refractivity contribution in [2.75, 3.05) is 6.61 Å². The van der Waals surface area contributed by atoms with Gasteiger partial charge < -0.3 is 14.2 Å². The highest BCUT2D eigenvalue weighted by Gasteiger charge is 2.25. The Hall–Kier alpha value is -2.84. The monoisotopic (exact) mass is 593 g/mol. The minimum absolute atomic E-state index is 0.0753. The fourth-order valence-corrected chi connectivity index (χ4v) is 4.06. The SMILES string of the molecule is CCOc1cc(/C=C2\N=C(c3ccc(Cl)c(Cl)c3)OC2=O)cc(Br)c1OC(=O)c1ccc(Cl)cc1. The molecule has 0 radical (unpaired) electrons. The number of rotatable bonds is 6. The highest BCUT2D eigenvalue weighted by molar-refractivity contribution is 9.10. The van der Waals surface area contributed by atoms with E-state index in [1.54, 1.807) is 61.5 Å². The number of hydrogen-bond donors (Lipinski definition) is 0. The second kappa shape index (κ2) is 10.8. The highest BCUT2D eigenvalue weighted by atomic mass is 79.9. The van der Waals surface area contributed by atoms with E-state index in [0.717, 1.165) is 0 Å². The topological polar surface area (TPSA) is 74.2 Å². The summed E-state index contributed by atoms with van der Waals surface area (Å²) < 4.78 is 17.0. The van der Waals surface area contributed by atoms with E-state index in [0.29, 0.717) is 48.6 Å². The lowest BCUT2D eigenvalue weighted by molar-refractivity contribution is -0.129. The first-order valence-electron chi connectivity index (χ1n) is 10.2. The van der Waals surface area contributed by atoms with Gasteiger partial charge in [-0.25, -0.2) is 14.6 Å². The maximum Gasteiger partial charge on any atom is 0.363 e. The first-order chi connectivity index (χ1) is 16.7. The summed E-state index contributed by atoms with van der Waals surface area (Å²) in [6, 6.07) is 14.4. The van der Waals surface area contributed by atoms with Gasteiger partial charge in [-0.3, -0.25) is 0 Å². The number of hydrogen-bond acceptors (Lipinski definition) is 6. The molecule has 0 atom stereocenters. The van der Waals surface area contributed by atoms with Crippen molar-refractivity contribution in [1.82, 2.24) is 0 Å². The molecule has 0 spiro atoms. The van der Waals surface area contributed by atoms with Crippen LogP contribution in [0.5, 0.6) is 11.5 Å². The van der Waals surface area contributed by atoms with Crippen molar-refractivity contribution in [3.8, 4) is 11.5 Å². The Morgan fingerprint density at radius 3 is 2.49 bits per heavy atom. The van der Waals surface area contributed by atoms with Crippen molar-refractivity contribution in [2.45, 2.75) is 6.92 Å². The number of carbonyl (C=O) groups excluding carboxylic acids is 2. The molecule has 0 saturated carbocycles. The van der Waals surface area contributed by atoms with Crippen LogP contribution in [-0.2, 0) is 9.53 Å². The van der Waals surface area contributed by atoms with Gasteiger partial charge in [-0.1, -0.05) is 34.8 Å². The third kappa shape index (κ3) is 5.87. The molecular formula is C25H15BrCl3NO5. The molecule has 0 unspecified atom stereocenters. The van der Waals surface area contributed by atoms with E-state index in [9.17, 15) is 9.59 Å². The first-order valence-corrected chi connectivity index (χ1v) is 12.1. The number of esters is 2. The first kappa shape index (κ1) is 25.3. The third-order valence-corrected chi connectivity index (χ3v) is 6.28. The van der Waals surface area contributed by atoms with Gasteiger partial charge in [-0.15, -0.1) is 0 Å². The van der Waals surface area contributed by atoms with Crippen molar-refractivity contribution in [3.63, 3.8) is 0 Å². The molecule has 6 nitrogen and oxygen atoms in total. The van der Waals surface area contributed by atoms with E-state index in [2.05, 4.69) is 20.9 Å². The Kier molecular flexibility index (Phi) is 7.82. The summed E-state index contributed by atoms with van der Waals surface area (Å²) >= 11 is 21.3.